The number of hydrogen-bond donors (Lipinski definition) is 1. The summed E-state index contributed by atoms with van der Waals surface area (Å²) in [6.45, 7) is 0. The van der Waals surface area contributed by atoms with Gasteiger partial charge in [-0.1, -0.05) is 78.1 Å². The van der Waals surface area contributed by atoms with E-state index in [1.54, 1.807) is 6.20 Å². The number of amides is 1. The number of carbonyl (C=O) groups is 1. The third-order valence-electron chi connectivity index (χ3n) is 4.43. The van der Waals surface area contributed by atoms with E-state index in [0.29, 0.717) is 20.7 Å². The fraction of sp³-hybridized carbons (Fsp3) is 0. The number of nitrogens with zero attached hydrogens (tertiary/aromatic N) is 4. The van der Waals surface area contributed by atoms with Gasteiger partial charge >= 0.3 is 0 Å². The molecule has 2 aromatic carbocycles. The largest absolute Gasteiger partial charge is 0.296 e. The first-order valence-corrected chi connectivity index (χ1v) is 11.1. The van der Waals surface area contributed by atoms with Crippen LogP contribution < -0.4 is 5.32 Å². The van der Waals surface area contributed by atoms with Crippen molar-refractivity contribution in [2.45, 2.75) is 0 Å². The van der Waals surface area contributed by atoms with Crippen LogP contribution in [0.5, 0.6) is 0 Å². The van der Waals surface area contributed by atoms with E-state index in [1.165, 1.54) is 22.7 Å². The second-order valence-electron chi connectivity index (χ2n) is 6.51. The molecule has 1 amide bonds. The van der Waals surface area contributed by atoms with E-state index in [0.717, 1.165) is 21.8 Å². The normalized spacial score (nSPS) is 10.7. The summed E-state index contributed by atoms with van der Waals surface area (Å²) in [5, 5.41) is 13.0. The van der Waals surface area contributed by atoms with Crippen molar-refractivity contribution in [2.75, 3.05) is 5.32 Å². The summed E-state index contributed by atoms with van der Waals surface area (Å²) in [5.41, 5.74) is 3.22. The Bertz CT molecular complexity index is 1320. The lowest BCUT2D eigenvalue weighted by Crippen LogP contribution is -2.11. The zero-order valence-electron chi connectivity index (χ0n) is 16.1. The molecule has 150 valence electrons. The number of benzene rings is 2. The third-order valence-corrected chi connectivity index (χ3v) is 6.40. The van der Waals surface area contributed by atoms with Gasteiger partial charge < -0.3 is 0 Å². The topological polar surface area (TPSA) is 80.7 Å². The Hall–Kier alpha value is -3.75. The van der Waals surface area contributed by atoms with Gasteiger partial charge in [0.15, 0.2) is 5.01 Å². The van der Waals surface area contributed by atoms with E-state index in [2.05, 4.69) is 20.5 Å². The molecule has 5 rings (SSSR count). The van der Waals surface area contributed by atoms with Crippen molar-refractivity contribution in [2.24, 2.45) is 0 Å². The Morgan fingerprint density at radius 3 is 2.16 bits per heavy atom. The van der Waals surface area contributed by atoms with Crippen molar-refractivity contribution in [3.05, 3.63) is 89.9 Å². The van der Waals surface area contributed by atoms with E-state index >= 15 is 0 Å². The molecule has 0 radical (unpaired) electrons. The zero-order chi connectivity index (χ0) is 21.0. The van der Waals surface area contributed by atoms with Crippen LogP contribution in [0.3, 0.4) is 0 Å². The zero-order valence-corrected chi connectivity index (χ0v) is 17.7. The van der Waals surface area contributed by atoms with Crippen molar-refractivity contribution in [3.63, 3.8) is 0 Å². The van der Waals surface area contributed by atoms with Crippen LogP contribution in [-0.2, 0) is 0 Å². The van der Waals surface area contributed by atoms with Crippen LogP contribution in [0.15, 0.2) is 85.1 Å². The standard InChI is InChI=1S/C23H15N5OS2/c29-20(26-23-28-27-22(31-23)17-13-7-8-14-24-17)19-18(15-9-3-1-4-10-15)25-21(30-19)16-11-5-2-6-12-16/h1-14H,(H,26,28,29). The van der Waals surface area contributed by atoms with Crippen LogP contribution in [0, 0.1) is 0 Å². The number of pyridine rings is 1. The molecule has 0 saturated carbocycles. The first kappa shape index (κ1) is 19.2. The molecule has 0 aliphatic carbocycles. The van der Waals surface area contributed by atoms with Crippen molar-refractivity contribution < 1.29 is 4.79 Å². The van der Waals surface area contributed by atoms with Crippen LogP contribution in [0.2, 0.25) is 0 Å². The number of hydrogen-bond acceptors (Lipinski definition) is 7. The van der Waals surface area contributed by atoms with Gasteiger partial charge in [-0.15, -0.1) is 21.5 Å². The second-order valence-corrected chi connectivity index (χ2v) is 8.49. The highest BCUT2D eigenvalue weighted by Crippen LogP contribution is 2.35. The van der Waals surface area contributed by atoms with Crippen LogP contribution >= 0.6 is 22.7 Å². The summed E-state index contributed by atoms with van der Waals surface area (Å²) in [4.78, 5) is 22.8. The van der Waals surface area contributed by atoms with Gasteiger partial charge in [-0.2, -0.15) is 0 Å². The molecule has 0 aliphatic rings. The van der Waals surface area contributed by atoms with Crippen LogP contribution in [0.25, 0.3) is 32.5 Å². The van der Waals surface area contributed by atoms with Crippen molar-refractivity contribution in [1.82, 2.24) is 20.2 Å². The Morgan fingerprint density at radius 2 is 1.45 bits per heavy atom. The Balaban J connectivity index is 1.48. The monoisotopic (exact) mass is 441 g/mol. The van der Waals surface area contributed by atoms with E-state index in [4.69, 9.17) is 4.98 Å². The van der Waals surface area contributed by atoms with Crippen molar-refractivity contribution in [1.29, 1.82) is 0 Å². The van der Waals surface area contributed by atoms with Gasteiger partial charge in [-0.25, -0.2) is 4.98 Å². The highest BCUT2D eigenvalue weighted by molar-refractivity contribution is 7.19. The number of carbonyl (C=O) groups excluding carboxylic acids is 1. The average molecular weight is 442 g/mol. The first-order chi connectivity index (χ1) is 15.3. The Morgan fingerprint density at radius 1 is 0.742 bits per heavy atom. The Kier molecular flexibility index (Phi) is 5.30. The van der Waals surface area contributed by atoms with Crippen LogP contribution in [0.1, 0.15) is 9.67 Å². The molecule has 3 heterocycles. The molecule has 0 spiro atoms. The maximum Gasteiger partial charge on any atom is 0.269 e. The molecule has 0 saturated heterocycles. The molecule has 0 atom stereocenters. The minimum absolute atomic E-state index is 0.262. The highest BCUT2D eigenvalue weighted by atomic mass is 32.1. The smallest absolute Gasteiger partial charge is 0.269 e. The highest BCUT2D eigenvalue weighted by Gasteiger charge is 2.21. The molecule has 8 heteroatoms. The van der Waals surface area contributed by atoms with Gasteiger partial charge in [0, 0.05) is 17.3 Å². The van der Waals surface area contributed by atoms with E-state index in [9.17, 15) is 4.79 Å². The molecule has 31 heavy (non-hydrogen) atoms. The summed E-state index contributed by atoms with van der Waals surface area (Å²) >= 11 is 2.64. The fourth-order valence-electron chi connectivity index (χ4n) is 2.99. The molecule has 6 nitrogen and oxygen atoms in total. The van der Waals surface area contributed by atoms with Crippen molar-refractivity contribution in [3.8, 4) is 32.5 Å². The number of thiazole rings is 1. The predicted molar refractivity (Wildman–Crippen MR) is 124 cm³/mol. The molecule has 5 aromatic rings. The van der Waals surface area contributed by atoms with E-state index in [-0.39, 0.29) is 5.91 Å². The lowest BCUT2D eigenvalue weighted by Gasteiger charge is -2.02. The van der Waals surface area contributed by atoms with Gasteiger partial charge in [-0.05, 0) is 12.1 Å². The fourth-order valence-corrected chi connectivity index (χ4v) is 4.69. The molecule has 0 bridgehead atoms. The number of aromatic nitrogens is 4. The molecule has 0 unspecified atom stereocenters. The summed E-state index contributed by atoms with van der Waals surface area (Å²) < 4.78 is 0. The minimum Gasteiger partial charge on any atom is -0.296 e. The molecular formula is C23H15N5OS2. The van der Waals surface area contributed by atoms with E-state index < -0.39 is 0 Å². The molecule has 0 fully saturated rings. The molecule has 3 aromatic heterocycles. The molecule has 1 N–H and O–H groups in total. The molecule has 0 aliphatic heterocycles. The summed E-state index contributed by atoms with van der Waals surface area (Å²) in [6, 6.07) is 25.1. The second kappa shape index (κ2) is 8.55. The van der Waals surface area contributed by atoms with Gasteiger partial charge in [0.1, 0.15) is 15.6 Å². The van der Waals surface area contributed by atoms with Gasteiger partial charge in [-0.3, -0.25) is 15.1 Å². The third kappa shape index (κ3) is 4.11. The van der Waals surface area contributed by atoms with E-state index in [1.807, 2.05) is 78.9 Å². The van der Waals surface area contributed by atoms with Crippen LogP contribution in [-0.4, -0.2) is 26.1 Å². The number of rotatable bonds is 5. The summed E-state index contributed by atoms with van der Waals surface area (Å²) in [7, 11) is 0. The van der Waals surface area contributed by atoms with Crippen LogP contribution in [0.4, 0.5) is 5.13 Å². The predicted octanol–water partition coefficient (Wildman–Crippen LogP) is 5.64. The Labute approximate surface area is 186 Å². The lowest BCUT2D eigenvalue weighted by atomic mass is 10.1. The minimum atomic E-state index is -0.262. The maximum absolute atomic E-state index is 13.2. The number of nitrogens with one attached hydrogen (secondary N) is 1. The lowest BCUT2D eigenvalue weighted by molar-refractivity contribution is 0.103. The first-order valence-electron chi connectivity index (χ1n) is 9.46. The molecular weight excluding hydrogens is 426 g/mol. The summed E-state index contributed by atoms with van der Waals surface area (Å²) in [5.74, 6) is -0.262. The van der Waals surface area contributed by atoms with Gasteiger partial charge in [0.25, 0.3) is 5.91 Å². The number of anilines is 1. The van der Waals surface area contributed by atoms with Gasteiger partial charge in [0.05, 0.1) is 5.69 Å². The quantitative estimate of drug-likeness (QED) is 0.382. The maximum atomic E-state index is 13.2. The average Bonchev–Trinajstić information content (AvgIpc) is 3.49. The van der Waals surface area contributed by atoms with Gasteiger partial charge in [0.2, 0.25) is 5.13 Å². The summed E-state index contributed by atoms with van der Waals surface area (Å²) in [6.07, 6.45) is 1.70. The van der Waals surface area contributed by atoms with Crippen molar-refractivity contribution >= 4 is 33.7 Å². The SMILES string of the molecule is O=C(Nc1nnc(-c2ccccn2)s1)c1sc(-c2ccccc2)nc1-c1ccccc1.